The van der Waals surface area contributed by atoms with E-state index >= 15 is 0 Å². The van der Waals surface area contributed by atoms with Gasteiger partial charge in [0.05, 0.1) is 0 Å². The van der Waals surface area contributed by atoms with Gasteiger partial charge in [-0.1, -0.05) is 0 Å². The average molecular weight is 571 g/mol. The highest BCUT2D eigenvalue weighted by Gasteiger charge is 2.36. The first-order chi connectivity index (χ1) is 18.4. The number of carbonyl (C=O) groups excluding carboxylic acids is 8. The maximum atomic E-state index is 12.8. The van der Waals surface area contributed by atoms with Crippen molar-refractivity contribution in [1.82, 2.24) is 19.9 Å². The molecule has 0 bridgehead atoms. The van der Waals surface area contributed by atoms with E-state index in [2.05, 4.69) is 0 Å². The third-order valence-electron chi connectivity index (χ3n) is 4.98. The second-order valence-corrected chi connectivity index (χ2v) is 10.9. The van der Waals surface area contributed by atoms with Crippen molar-refractivity contribution in [3.63, 3.8) is 0 Å². The molecule has 16 heteroatoms. The fourth-order valence-electron chi connectivity index (χ4n) is 3.25. The average Bonchev–Trinajstić information content (AvgIpc) is 3.28. The highest BCUT2D eigenvalue weighted by atomic mass is 16.7. The maximum absolute atomic E-state index is 12.8. The van der Waals surface area contributed by atoms with Gasteiger partial charge in [-0.15, -0.1) is 10.1 Å². The van der Waals surface area contributed by atoms with Gasteiger partial charge >= 0.3 is 24.1 Å². The lowest BCUT2D eigenvalue weighted by molar-refractivity contribution is -0.198. The molecule has 0 spiro atoms. The van der Waals surface area contributed by atoms with Crippen molar-refractivity contribution in [2.75, 3.05) is 26.2 Å². The fraction of sp³-hybridized carbons (Fsp3) is 0.667. The minimum atomic E-state index is -1.14. The van der Waals surface area contributed by atoms with E-state index in [4.69, 9.17) is 19.1 Å². The van der Waals surface area contributed by atoms with Crippen LogP contribution >= 0.6 is 0 Å². The van der Waals surface area contributed by atoms with Gasteiger partial charge < -0.3 is 19.1 Å². The van der Waals surface area contributed by atoms with Crippen molar-refractivity contribution in [3.05, 3.63) is 0 Å². The molecule has 2 rings (SSSR count). The summed E-state index contributed by atoms with van der Waals surface area (Å²) in [4.78, 5) is 109. The molecule has 40 heavy (non-hydrogen) atoms. The number of amides is 6. The fourth-order valence-corrected chi connectivity index (χ4v) is 3.25. The molecule has 0 N–H and O–H groups in total. The Morgan fingerprint density at radius 2 is 0.875 bits per heavy atom. The molecule has 0 unspecified atom stereocenters. The van der Waals surface area contributed by atoms with Gasteiger partial charge in [0.25, 0.3) is 23.6 Å². The smallest absolute Gasteiger partial charge is 0.410 e. The summed E-state index contributed by atoms with van der Waals surface area (Å²) in [5.74, 6) is -5.13. The molecule has 222 valence electrons. The Hall–Kier alpha value is -4.24. The standard InChI is InChI=1S/C24H34N4O12/c1-23(2,3)37-21(35)25(13-19(33)39-27-15(29)7-8-16(27)30)11-12-26(22(36)38-24(4,5)6)14-20(34)40-28-17(31)9-10-18(28)32/h7-14H2,1-6H3. The number of carbonyl (C=O) groups is 8. The Kier molecular flexibility index (Phi) is 10.2. The van der Waals surface area contributed by atoms with Crippen LogP contribution in [0.1, 0.15) is 67.2 Å². The Bertz CT molecular complexity index is 959. The Morgan fingerprint density at radius 3 is 1.12 bits per heavy atom. The molecular formula is C24H34N4O12. The molecule has 2 aliphatic rings. The van der Waals surface area contributed by atoms with Crippen LogP contribution in [-0.2, 0) is 47.9 Å². The van der Waals surface area contributed by atoms with Crippen molar-refractivity contribution in [3.8, 4) is 0 Å². The summed E-state index contributed by atoms with van der Waals surface area (Å²) >= 11 is 0. The minimum absolute atomic E-state index is 0.128. The first-order valence-electron chi connectivity index (χ1n) is 12.5. The summed E-state index contributed by atoms with van der Waals surface area (Å²) in [6, 6.07) is 0. The van der Waals surface area contributed by atoms with Crippen molar-refractivity contribution in [2.24, 2.45) is 0 Å². The largest absolute Gasteiger partial charge is 0.444 e. The number of hydrogen-bond acceptors (Lipinski definition) is 12. The number of nitrogens with zero attached hydrogens (tertiary/aromatic N) is 4. The minimum Gasteiger partial charge on any atom is -0.444 e. The van der Waals surface area contributed by atoms with Crippen LogP contribution in [0.5, 0.6) is 0 Å². The molecule has 0 saturated carbocycles. The van der Waals surface area contributed by atoms with Crippen molar-refractivity contribution >= 4 is 47.8 Å². The Balaban J connectivity index is 2.17. The molecule has 0 aliphatic carbocycles. The van der Waals surface area contributed by atoms with E-state index in [1.807, 2.05) is 0 Å². The molecule has 6 amide bonds. The van der Waals surface area contributed by atoms with Crippen LogP contribution in [0.25, 0.3) is 0 Å². The first kappa shape index (κ1) is 32.0. The van der Waals surface area contributed by atoms with E-state index in [9.17, 15) is 38.4 Å². The predicted octanol–water partition coefficient (Wildman–Crippen LogP) is 0.675. The second kappa shape index (κ2) is 12.7. The lowest BCUT2D eigenvalue weighted by Gasteiger charge is -2.30. The highest BCUT2D eigenvalue weighted by molar-refractivity contribution is 6.02. The van der Waals surface area contributed by atoms with Gasteiger partial charge in [-0.3, -0.25) is 29.0 Å². The van der Waals surface area contributed by atoms with Crippen LogP contribution in [-0.4, -0.2) is 105 Å². The SMILES string of the molecule is CC(C)(C)OC(=O)N(CCN(CC(=O)ON1C(=O)CCC1=O)C(=O)OC(C)(C)C)CC(=O)ON1C(=O)CCC1=O. The molecule has 0 aromatic carbocycles. The monoisotopic (exact) mass is 570 g/mol. The van der Waals surface area contributed by atoms with Gasteiger partial charge in [0.15, 0.2) is 0 Å². The zero-order valence-electron chi connectivity index (χ0n) is 23.3. The molecule has 16 nitrogen and oxygen atoms in total. The molecular weight excluding hydrogens is 536 g/mol. The lowest BCUT2D eigenvalue weighted by atomic mass is 10.2. The van der Waals surface area contributed by atoms with Crippen molar-refractivity contribution in [1.29, 1.82) is 0 Å². The lowest BCUT2D eigenvalue weighted by Crippen LogP contribution is -2.48. The summed E-state index contributed by atoms with van der Waals surface area (Å²) < 4.78 is 10.6. The first-order valence-corrected chi connectivity index (χ1v) is 12.5. The Morgan fingerprint density at radius 1 is 0.600 bits per heavy atom. The molecule has 0 radical (unpaired) electrons. The van der Waals surface area contributed by atoms with Crippen LogP contribution in [0.3, 0.4) is 0 Å². The quantitative estimate of drug-likeness (QED) is 0.353. The zero-order valence-corrected chi connectivity index (χ0v) is 23.3. The molecule has 2 aliphatic heterocycles. The molecule has 2 saturated heterocycles. The molecule has 0 atom stereocenters. The number of imide groups is 2. The normalized spacial score (nSPS) is 15.8. The highest BCUT2D eigenvalue weighted by Crippen LogP contribution is 2.16. The van der Waals surface area contributed by atoms with Gasteiger partial charge in [-0.2, -0.15) is 0 Å². The molecule has 0 aromatic heterocycles. The second-order valence-electron chi connectivity index (χ2n) is 10.9. The topological polar surface area (TPSA) is 186 Å². The molecule has 2 fully saturated rings. The van der Waals surface area contributed by atoms with E-state index in [0.717, 1.165) is 9.80 Å². The summed E-state index contributed by atoms with van der Waals surface area (Å²) in [6.45, 7) is 7.09. The van der Waals surface area contributed by atoms with E-state index in [0.29, 0.717) is 10.1 Å². The van der Waals surface area contributed by atoms with Gasteiger partial charge in [-0.25, -0.2) is 19.2 Å². The molecule has 2 heterocycles. The third-order valence-corrected chi connectivity index (χ3v) is 4.98. The Labute approximate surface area is 230 Å². The van der Waals surface area contributed by atoms with Crippen LogP contribution in [0.15, 0.2) is 0 Å². The van der Waals surface area contributed by atoms with Crippen molar-refractivity contribution in [2.45, 2.75) is 78.4 Å². The summed E-state index contributed by atoms with van der Waals surface area (Å²) in [5.41, 5.74) is -1.97. The van der Waals surface area contributed by atoms with E-state index < -0.39 is 85.1 Å². The van der Waals surface area contributed by atoms with E-state index in [1.165, 1.54) is 0 Å². The van der Waals surface area contributed by atoms with Gasteiger partial charge in [0, 0.05) is 38.8 Å². The zero-order chi connectivity index (χ0) is 30.4. The summed E-state index contributed by atoms with van der Waals surface area (Å²) in [6.07, 6.45) is -2.50. The number of hydrogen-bond donors (Lipinski definition) is 0. The number of hydroxylamine groups is 4. The van der Waals surface area contributed by atoms with Gasteiger partial charge in [0.1, 0.15) is 24.3 Å². The van der Waals surface area contributed by atoms with Crippen LogP contribution < -0.4 is 0 Å². The predicted molar refractivity (Wildman–Crippen MR) is 130 cm³/mol. The third kappa shape index (κ3) is 9.81. The summed E-state index contributed by atoms with van der Waals surface area (Å²) in [7, 11) is 0. The number of ether oxygens (including phenoxy) is 2. The van der Waals surface area contributed by atoms with Crippen molar-refractivity contribution < 1.29 is 57.5 Å². The maximum Gasteiger partial charge on any atom is 0.410 e. The van der Waals surface area contributed by atoms with Crippen LogP contribution in [0, 0.1) is 0 Å². The van der Waals surface area contributed by atoms with E-state index in [1.54, 1.807) is 41.5 Å². The van der Waals surface area contributed by atoms with Gasteiger partial charge in [-0.05, 0) is 41.5 Å². The van der Waals surface area contributed by atoms with E-state index in [-0.39, 0.29) is 25.7 Å². The number of rotatable bonds is 9. The van der Waals surface area contributed by atoms with Crippen LogP contribution in [0.4, 0.5) is 9.59 Å². The van der Waals surface area contributed by atoms with Gasteiger partial charge in [0.2, 0.25) is 0 Å². The summed E-state index contributed by atoms with van der Waals surface area (Å²) in [5, 5.41) is 0.638. The molecule has 0 aromatic rings. The van der Waals surface area contributed by atoms with Crippen LogP contribution in [0.2, 0.25) is 0 Å².